The molecule has 23 heavy (non-hydrogen) atoms. The predicted octanol–water partition coefficient (Wildman–Crippen LogP) is 3.20. The van der Waals surface area contributed by atoms with Gasteiger partial charge in [0.05, 0.1) is 0 Å². The minimum atomic E-state index is -1.06. The Morgan fingerprint density at radius 2 is 1.83 bits per heavy atom. The molecule has 0 saturated heterocycles. The van der Waals surface area contributed by atoms with E-state index in [2.05, 4.69) is 13.8 Å². The molecular weight excluding hydrogens is 294 g/mol. The summed E-state index contributed by atoms with van der Waals surface area (Å²) in [6.07, 6.45) is 1.45. The monoisotopic (exact) mass is 315 g/mol. The molecule has 0 aliphatic heterocycles. The zero-order valence-electron chi connectivity index (χ0n) is 13.5. The third-order valence-corrected chi connectivity index (χ3v) is 3.75. The van der Waals surface area contributed by atoms with Gasteiger partial charge in [-0.2, -0.15) is 0 Å². The van der Waals surface area contributed by atoms with Crippen LogP contribution in [0.3, 0.4) is 0 Å². The maximum Gasteiger partial charge on any atom is 0.326 e. The summed E-state index contributed by atoms with van der Waals surface area (Å²) in [7, 11) is 0. The predicted molar refractivity (Wildman–Crippen MR) is 87.9 cm³/mol. The second kappa shape index (κ2) is 7.13. The van der Waals surface area contributed by atoms with Crippen molar-refractivity contribution < 1.29 is 14.6 Å². The van der Waals surface area contributed by atoms with Crippen molar-refractivity contribution in [1.29, 1.82) is 0 Å². The number of hydrogen-bond donors (Lipinski definition) is 1. The van der Waals surface area contributed by atoms with Gasteiger partial charge in [0.1, 0.15) is 12.6 Å². The summed E-state index contributed by atoms with van der Waals surface area (Å²) in [6.45, 7) is 5.97. The molecule has 0 bridgehead atoms. The summed E-state index contributed by atoms with van der Waals surface area (Å²) in [5, 5.41) is 9.03. The van der Waals surface area contributed by atoms with E-state index < -0.39 is 17.6 Å². The molecule has 1 aromatic carbocycles. The number of aromatic nitrogens is 1. The molecule has 1 heterocycles. The van der Waals surface area contributed by atoms with Crippen LogP contribution in [0.1, 0.15) is 43.9 Å². The maximum atomic E-state index is 12.3. The Kier molecular flexibility index (Phi) is 5.21. The molecule has 2 rings (SSSR count). The van der Waals surface area contributed by atoms with Crippen molar-refractivity contribution in [3.8, 4) is 5.75 Å². The molecule has 122 valence electrons. The Labute approximate surface area is 135 Å². The van der Waals surface area contributed by atoms with E-state index in [0.29, 0.717) is 5.92 Å². The number of pyridine rings is 1. The van der Waals surface area contributed by atoms with Crippen LogP contribution in [0.4, 0.5) is 0 Å². The van der Waals surface area contributed by atoms with E-state index in [-0.39, 0.29) is 12.4 Å². The third kappa shape index (κ3) is 4.00. The Morgan fingerprint density at radius 1 is 1.17 bits per heavy atom. The van der Waals surface area contributed by atoms with Gasteiger partial charge in [0.15, 0.2) is 5.75 Å². The van der Waals surface area contributed by atoms with E-state index in [1.807, 2.05) is 24.3 Å². The lowest BCUT2D eigenvalue weighted by Gasteiger charge is -2.13. The lowest BCUT2D eigenvalue weighted by molar-refractivity contribution is -0.140. The number of carboxylic acids is 1. The van der Waals surface area contributed by atoms with E-state index in [4.69, 9.17) is 9.84 Å². The van der Waals surface area contributed by atoms with Crippen molar-refractivity contribution >= 4 is 5.97 Å². The summed E-state index contributed by atoms with van der Waals surface area (Å²) in [5.41, 5.74) is 1.75. The average molecular weight is 315 g/mol. The lowest BCUT2D eigenvalue weighted by atomic mass is 10.0. The molecule has 1 N–H and O–H groups in total. The molecule has 0 spiro atoms. The molecule has 5 heteroatoms. The highest BCUT2D eigenvalue weighted by Gasteiger charge is 2.16. The molecule has 0 aliphatic rings. The van der Waals surface area contributed by atoms with Gasteiger partial charge in [-0.05, 0) is 36.1 Å². The van der Waals surface area contributed by atoms with Crippen LogP contribution in [0, 0.1) is 0 Å². The number of benzene rings is 1. The normalized spacial score (nSPS) is 12.2. The Morgan fingerprint density at radius 3 is 2.39 bits per heavy atom. The van der Waals surface area contributed by atoms with E-state index in [9.17, 15) is 9.59 Å². The van der Waals surface area contributed by atoms with Crippen molar-refractivity contribution in [2.75, 3.05) is 0 Å². The number of aliphatic carboxylic acids is 1. The number of nitrogens with zero attached hydrogens (tertiary/aromatic N) is 1. The first kappa shape index (κ1) is 16.8. The van der Waals surface area contributed by atoms with Crippen molar-refractivity contribution in [2.45, 2.75) is 39.3 Å². The molecule has 0 radical (unpaired) electrons. The first-order valence-corrected chi connectivity index (χ1v) is 7.55. The van der Waals surface area contributed by atoms with E-state index in [0.717, 1.165) is 10.1 Å². The molecule has 0 saturated carbocycles. The van der Waals surface area contributed by atoms with E-state index >= 15 is 0 Å². The number of carbonyl (C=O) groups is 1. The van der Waals surface area contributed by atoms with E-state index in [1.165, 1.54) is 18.7 Å². The van der Waals surface area contributed by atoms with Crippen LogP contribution in [0.25, 0.3) is 0 Å². The topological polar surface area (TPSA) is 68.5 Å². The Balaban J connectivity index is 2.13. The fourth-order valence-corrected chi connectivity index (χ4v) is 2.18. The minimum absolute atomic E-state index is 0.147. The van der Waals surface area contributed by atoms with Crippen LogP contribution in [-0.4, -0.2) is 15.6 Å². The zero-order valence-corrected chi connectivity index (χ0v) is 13.5. The van der Waals surface area contributed by atoms with Gasteiger partial charge in [-0.1, -0.05) is 38.1 Å². The molecule has 1 aromatic heterocycles. The van der Waals surface area contributed by atoms with Crippen LogP contribution in [0.2, 0.25) is 0 Å². The number of carboxylic acid groups (broad SMARTS) is 1. The van der Waals surface area contributed by atoms with Gasteiger partial charge in [-0.15, -0.1) is 0 Å². The van der Waals surface area contributed by atoms with Crippen LogP contribution >= 0.6 is 0 Å². The number of rotatable bonds is 6. The lowest BCUT2D eigenvalue weighted by Crippen LogP contribution is -2.28. The van der Waals surface area contributed by atoms with Crippen molar-refractivity contribution in [2.24, 2.45) is 0 Å². The molecule has 0 fully saturated rings. The van der Waals surface area contributed by atoms with Crippen LogP contribution in [-0.2, 0) is 11.4 Å². The highest BCUT2D eigenvalue weighted by molar-refractivity contribution is 5.71. The minimum Gasteiger partial charge on any atom is -0.483 e. The van der Waals surface area contributed by atoms with Gasteiger partial charge < -0.3 is 9.84 Å². The summed E-state index contributed by atoms with van der Waals surface area (Å²) >= 11 is 0. The maximum absolute atomic E-state index is 12.3. The second-order valence-corrected chi connectivity index (χ2v) is 5.78. The average Bonchev–Trinajstić information content (AvgIpc) is 2.53. The largest absolute Gasteiger partial charge is 0.483 e. The highest BCUT2D eigenvalue weighted by atomic mass is 16.5. The zero-order chi connectivity index (χ0) is 17.0. The third-order valence-electron chi connectivity index (χ3n) is 3.75. The molecule has 0 amide bonds. The molecule has 5 nitrogen and oxygen atoms in total. The van der Waals surface area contributed by atoms with Gasteiger partial charge in [0.25, 0.3) is 5.56 Å². The Bertz CT molecular complexity index is 731. The SMILES string of the molecule is CC(C)c1ccc(COc2cccn(C(C)C(=O)O)c2=O)cc1. The van der Waals surface area contributed by atoms with Gasteiger partial charge in [-0.3, -0.25) is 9.36 Å². The summed E-state index contributed by atoms with van der Waals surface area (Å²) in [6, 6.07) is 10.2. The van der Waals surface area contributed by atoms with Crippen LogP contribution < -0.4 is 10.3 Å². The van der Waals surface area contributed by atoms with Crippen molar-refractivity contribution in [3.05, 3.63) is 64.1 Å². The molecule has 1 unspecified atom stereocenters. The molecular formula is C18H21NO4. The van der Waals surface area contributed by atoms with Crippen molar-refractivity contribution in [3.63, 3.8) is 0 Å². The van der Waals surface area contributed by atoms with Gasteiger partial charge in [-0.25, -0.2) is 4.79 Å². The quantitative estimate of drug-likeness (QED) is 0.889. The van der Waals surface area contributed by atoms with Gasteiger partial charge >= 0.3 is 5.97 Å². The summed E-state index contributed by atoms with van der Waals surface area (Å²) in [5.74, 6) is -0.453. The van der Waals surface area contributed by atoms with Crippen LogP contribution in [0.5, 0.6) is 5.75 Å². The number of ether oxygens (including phenoxy) is 1. The standard InChI is InChI=1S/C18H21NO4/c1-12(2)15-8-6-14(7-9-15)11-23-16-5-4-10-19(17(16)20)13(3)18(21)22/h4-10,12-13H,11H2,1-3H3,(H,21,22). The number of hydrogen-bond acceptors (Lipinski definition) is 3. The first-order chi connectivity index (χ1) is 10.9. The molecule has 2 aromatic rings. The van der Waals surface area contributed by atoms with Gasteiger partial charge in [0.2, 0.25) is 0 Å². The van der Waals surface area contributed by atoms with Crippen molar-refractivity contribution in [1.82, 2.24) is 4.57 Å². The van der Waals surface area contributed by atoms with Crippen LogP contribution in [0.15, 0.2) is 47.4 Å². The molecule has 0 aliphatic carbocycles. The smallest absolute Gasteiger partial charge is 0.326 e. The fourth-order valence-electron chi connectivity index (χ4n) is 2.18. The first-order valence-electron chi connectivity index (χ1n) is 7.55. The highest BCUT2D eigenvalue weighted by Crippen LogP contribution is 2.16. The fraction of sp³-hybridized carbons (Fsp3) is 0.333. The second-order valence-electron chi connectivity index (χ2n) is 5.78. The summed E-state index contributed by atoms with van der Waals surface area (Å²) in [4.78, 5) is 23.3. The summed E-state index contributed by atoms with van der Waals surface area (Å²) < 4.78 is 6.72. The van der Waals surface area contributed by atoms with Gasteiger partial charge in [0, 0.05) is 6.20 Å². The Hall–Kier alpha value is -2.56. The van der Waals surface area contributed by atoms with E-state index in [1.54, 1.807) is 12.1 Å². The molecule has 1 atom stereocenters.